The van der Waals surface area contributed by atoms with E-state index in [2.05, 4.69) is 29.5 Å². The van der Waals surface area contributed by atoms with Gasteiger partial charge in [0.1, 0.15) is 5.82 Å². The second kappa shape index (κ2) is 6.60. The quantitative estimate of drug-likeness (QED) is 0.679. The summed E-state index contributed by atoms with van der Waals surface area (Å²) in [5.74, 6) is 1.58. The lowest BCUT2D eigenvalue weighted by atomic mass is 10.3. The van der Waals surface area contributed by atoms with E-state index in [-0.39, 0.29) is 0 Å². The predicted octanol–water partition coefficient (Wildman–Crippen LogP) is 2.74. The van der Waals surface area contributed by atoms with Gasteiger partial charge < -0.3 is 10.1 Å². The lowest BCUT2D eigenvalue weighted by Gasteiger charge is -2.02. The first kappa shape index (κ1) is 15.7. The maximum absolute atomic E-state index is 11.4. The van der Waals surface area contributed by atoms with Crippen LogP contribution in [0.3, 0.4) is 0 Å². The zero-order valence-corrected chi connectivity index (χ0v) is 14.4. The summed E-state index contributed by atoms with van der Waals surface area (Å²) in [4.78, 5) is 20.1. The Morgan fingerprint density at radius 1 is 1.40 bits per heavy atom. The van der Waals surface area contributed by atoms with Crippen LogP contribution in [0.25, 0.3) is 11.4 Å². The van der Waals surface area contributed by atoms with Crippen LogP contribution in [0.1, 0.15) is 23.2 Å². The molecule has 1 fully saturated rings. The predicted molar refractivity (Wildman–Crippen MR) is 92.7 cm³/mol. The van der Waals surface area contributed by atoms with Crippen molar-refractivity contribution in [2.75, 3.05) is 12.4 Å². The number of pyridine rings is 1. The largest absolute Gasteiger partial charge is 0.465 e. The topological polar surface area (TPSA) is 94.8 Å². The third kappa shape index (κ3) is 3.66. The number of hydrogen-bond acceptors (Lipinski definition) is 8. The van der Waals surface area contributed by atoms with Gasteiger partial charge in [0.15, 0.2) is 5.82 Å². The van der Waals surface area contributed by atoms with Crippen molar-refractivity contribution in [1.82, 2.24) is 24.1 Å². The fourth-order valence-electron chi connectivity index (χ4n) is 2.35. The minimum atomic E-state index is -0.416. The van der Waals surface area contributed by atoms with Crippen molar-refractivity contribution >= 4 is 28.5 Å². The Morgan fingerprint density at radius 2 is 2.28 bits per heavy atom. The van der Waals surface area contributed by atoms with Crippen molar-refractivity contribution in [3.8, 4) is 11.4 Å². The molecule has 3 aromatic rings. The second-order valence-electron chi connectivity index (χ2n) is 5.87. The Labute approximate surface area is 148 Å². The number of nitrogens with one attached hydrogen (secondary N) is 1. The monoisotopic (exact) mass is 356 g/mol. The first-order valence-electron chi connectivity index (χ1n) is 7.89. The number of methoxy groups -OCH3 is 1. The van der Waals surface area contributed by atoms with Crippen LogP contribution in [0.5, 0.6) is 0 Å². The van der Waals surface area contributed by atoms with Crippen molar-refractivity contribution in [3.05, 3.63) is 36.3 Å². The molecule has 0 saturated heterocycles. The normalized spacial score (nSPS) is 13.6. The van der Waals surface area contributed by atoms with E-state index < -0.39 is 5.97 Å². The first-order chi connectivity index (χ1) is 12.2. The molecule has 0 atom stereocenters. The van der Waals surface area contributed by atoms with Crippen molar-refractivity contribution in [3.63, 3.8) is 0 Å². The molecule has 1 aliphatic carbocycles. The van der Waals surface area contributed by atoms with Gasteiger partial charge in [-0.3, -0.25) is 4.68 Å². The smallest absolute Gasteiger partial charge is 0.339 e. The molecule has 0 bridgehead atoms. The van der Waals surface area contributed by atoms with Crippen LogP contribution in [0, 0.1) is 5.92 Å². The second-order valence-corrected chi connectivity index (χ2v) is 6.62. The maximum atomic E-state index is 11.4. The maximum Gasteiger partial charge on any atom is 0.339 e. The SMILES string of the molecule is COC(=O)c1ccc(Nc2nc(-c3cnn(CC4CC4)c3)ns2)nc1. The van der Waals surface area contributed by atoms with Gasteiger partial charge in [0.05, 0.1) is 24.4 Å². The van der Waals surface area contributed by atoms with Crippen LogP contribution < -0.4 is 5.32 Å². The highest BCUT2D eigenvalue weighted by Crippen LogP contribution is 2.31. The van der Waals surface area contributed by atoms with E-state index in [9.17, 15) is 4.79 Å². The third-order valence-corrected chi connectivity index (χ3v) is 4.51. The number of carbonyl (C=O) groups excluding carboxylic acids is 1. The first-order valence-corrected chi connectivity index (χ1v) is 8.66. The van der Waals surface area contributed by atoms with Crippen LogP contribution in [0.15, 0.2) is 30.7 Å². The molecule has 0 unspecified atom stereocenters. The van der Waals surface area contributed by atoms with Gasteiger partial charge >= 0.3 is 5.97 Å². The summed E-state index contributed by atoms with van der Waals surface area (Å²) in [5, 5.41) is 8.07. The van der Waals surface area contributed by atoms with Crippen molar-refractivity contribution in [1.29, 1.82) is 0 Å². The molecule has 9 heteroatoms. The number of nitrogens with zero attached hydrogens (tertiary/aromatic N) is 5. The highest BCUT2D eigenvalue weighted by Gasteiger charge is 2.22. The molecule has 0 radical (unpaired) electrons. The molecule has 3 aromatic heterocycles. The number of anilines is 2. The number of carbonyl (C=O) groups is 1. The Hall–Kier alpha value is -2.81. The van der Waals surface area contributed by atoms with Crippen LogP contribution in [0.2, 0.25) is 0 Å². The van der Waals surface area contributed by atoms with Gasteiger partial charge in [-0.05, 0) is 30.9 Å². The lowest BCUT2D eigenvalue weighted by molar-refractivity contribution is 0.0600. The van der Waals surface area contributed by atoms with Crippen LogP contribution in [-0.2, 0) is 11.3 Å². The summed E-state index contributed by atoms with van der Waals surface area (Å²) in [6.07, 6.45) is 7.81. The molecule has 1 N–H and O–H groups in total. The van der Waals surface area contributed by atoms with Gasteiger partial charge in [0.25, 0.3) is 0 Å². The molecule has 0 amide bonds. The van der Waals surface area contributed by atoms with Crippen molar-refractivity contribution < 1.29 is 9.53 Å². The molecule has 0 aromatic carbocycles. The van der Waals surface area contributed by atoms with Gasteiger partial charge in [0.2, 0.25) is 5.13 Å². The lowest BCUT2D eigenvalue weighted by Crippen LogP contribution is -2.02. The average molecular weight is 356 g/mol. The van der Waals surface area contributed by atoms with Crippen LogP contribution in [-0.4, -0.2) is 37.2 Å². The summed E-state index contributed by atoms with van der Waals surface area (Å²) >= 11 is 1.25. The van der Waals surface area contributed by atoms with E-state index in [1.165, 1.54) is 37.7 Å². The van der Waals surface area contributed by atoms with Gasteiger partial charge in [-0.15, -0.1) is 0 Å². The molecule has 0 aliphatic heterocycles. The molecular weight excluding hydrogens is 340 g/mol. The molecule has 8 nitrogen and oxygen atoms in total. The molecule has 1 aliphatic rings. The average Bonchev–Trinajstić information content (AvgIpc) is 3.12. The standard InChI is InChI=1S/C16H16N6O2S/c1-24-15(23)11-4-5-13(17-6-11)19-16-20-14(21-25-16)12-7-18-22(9-12)8-10-2-3-10/h4-7,9-10H,2-3,8H2,1H3,(H,17,19,20,21). The Bertz CT molecular complexity index is 884. The molecule has 0 spiro atoms. The summed E-state index contributed by atoms with van der Waals surface area (Å²) in [6, 6.07) is 3.34. The Morgan fingerprint density at radius 3 is 3.00 bits per heavy atom. The molecular formula is C16H16N6O2S. The molecule has 4 rings (SSSR count). The van der Waals surface area contributed by atoms with Gasteiger partial charge in [-0.2, -0.15) is 14.5 Å². The number of esters is 1. The molecule has 25 heavy (non-hydrogen) atoms. The number of hydrogen-bond donors (Lipinski definition) is 1. The summed E-state index contributed by atoms with van der Waals surface area (Å²) in [6.45, 7) is 0.964. The van der Waals surface area contributed by atoms with Crippen molar-refractivity contribution in [2.45, 2.75) is 19.4 Å². The minimum absolute atomic E-state index is 0.397. The Balaban J connectivity index is 1.43. The van der Waals surface area contributed by atoms with E-state index >= 15 is 0 Å². The van der Waals surface area contributed by atoms with Crippen LogP contribution in [0.4, 0.5) is 10.9 Å². The fraction of sp³-hybridized carbons (Fsp3) is 0.312. The number of ether oxygens (including phenoxy) is 1. The van der Waals surface area contributed by atoms with Gasteiger partial charge in [-0.25, -0.2) is 9.78 Å². The van der Waals surface area contributed by atoms with Gasteiger partial charge in [0, 0.05) is 30.5 Å². The van der Waals surface area contributed by atoms with Crippen LogP contribution >= 0.6 is 11.5 Å². The summed E-state index contributed by atoms with van der Waals surface area (Å²) in [5.41, 5.74) is 1.30. The van der Waals surface area contributed by atoms with E-state index in [1.807, 2.05) is 10.9 Å². The highest BCUT2D eigenvalue weighted by atomic mass is 32.1. The Kier molecular flexibility index (Phi) is 4.14. The zero-order valence-electron chi connectivity index (χ0n) is 13.5. The highest BCUT2D eigenvalue weighted by molar-refractivity contribution is 7.09. The zero-order chi connectivity index (χ0) is 17.2. The number of rotatable bonds is 6. The minimum Gasteiger partial charge on any atom is -0.465 e. The van der Waals surface area contributed by atoms with E-state index in [4.69, 9.17) is 0 Å². The number of aromatic nitrogens is 5. The molecule has 128 valence electrons. The summed E-state index contributed by atoms with van der Waals surface area (Å²) < 4.78 is 11.0. The van der Waals surface area contributed by atoms with Crippen molar-refractivity contribution in [2.24, 2.45) is 5.92 Å². The molecule has 1 saturated carbocycles. The molecule has 3 heterocycles. The van der Waals surface area contributed by atoms with Gasteiger partial charge in [-0.1, -0.05) is 0 Å². The fourth-order valence-corrected chi connectivity index (χ4v) is 2.95. The third-order valence-electron chi connectivity index (χ3n) is 3.88. The van der Waals surface area contributed by atoms with E-state index in [0.29, 0.717) is 22.3 Å². The van der Waals surface area contributed by atoms with E-state index in [0.717, 1.165) is 18.0 Å². The van der Waals surface area contributed by atoms with E-state index in [1.54, 1.807) is 18.3 Å². The summed E-state index contributed by atoms with van der Waals surface area (Å²) in [7, 11) is 1.34.